The first-order valence-corrected chi connectivity index (χ1v) is 11.4. The first kappa shape index (κ1) is 25.2. The van der Waals surface area contributed by atoms with Crippen molar-refractivity contribution in [1.29, 1.82) is 0 Å². The molecule has 0 saturated carbocycles. The molecule has 0 aliphatic carbocycles. The molecule has 2 aliphatic heterocycles. The van der Waals surface area contributed by atoms with Crippen LogP contribution in [0.4, 0.5) is 0 Å². The predicted molar refractivity (Wildman–Crippen MR) is 121 cm³/mol. The monoisotopic (exact) mass is 473 g/mol. The van der Waals surface area contributed by atoms with E-state index >= 15 is 0 Å². The third-order valence-electron chi connectivity index (χ3n) is 6.30. The molecule has 2 aliphatic rings. The number of carbonyl (C=O) groups excluding carboxylic acids is 4. The minimum Gasteiger partial charge on any atom is -0.480 e. The summed E-state index contributed by atoms with van der Waals surface area (Å²) in [6, 6.07) is 5.15. The number of nitrogens with zero attached hydrogens (tertiary/aromatic N) is 2. The van der Waals surface area contributed by atoms with Gasteiger partial charge in [-0.15, -0.1) is 0 Å². The van der Waals surface area contributed by atoms with Crippen LogP contribution in [-0.4, -0.2) is 81.8 Å². The van der Waals surface area contributed by atoms with Gasteiger partial charge in [-0.25, -0.2) is 4.79 Å². The zero-order valence-corrected chi connectivity index (χ0v) is 18.9. The highest BCUT2D eigenvalue weighted by molar-refractivity contribution is 5.95. The molecule has 4 unspecified atom stereocenters. The molecule has 4 amide bonds. The lowest BCUT2D eigenvalue weighted by molar-refractivity contribution is -0.152. The molecule has 0 spiro atoms. The number of rotatable bonds is 9. The Morgan fingerprint density at radius 2 is 1.62 bits per heavy atom. The Hall–Kier alpha value is -3.47. The number of carbonyl (C=O) groups is 5. The highest BCUT2D eigenvalue weighted by Gasteiger charge is 2.43. The second-order valence-corrected chi connectivity index (χ2v) is 8.75. The molecule has 11 heteroatoms. The second kappa shape index (κ2) is 11.1. The molecule has 6 N–H and O–H groups in total. The Morgan fingerprint density at radius 3 is 2.24 bits per heavy atom. The minimum absolute atomic E-state index is 0.160. The molecule has 1 aromatic rings. The zero-order valence-electron chi connectivity index (χ0n) is 18.9. The normalized spacial score (nSPS) is 21.7. The van der Waals surface area contributed by atoms with Crippen molar-refractivity contribution < 1.29 is 29.1 Å². The number of hydrogen-bond acceptors (Lipinski definition) is 6. The Bertz CT molecular complexity index is 939. The van der Waals surface area contributed by atoms with E-state index in [0.29, 0.717) is 38.8 Å². The van der Waals surface area contributed by atoms with Gasteiger partial charge >= 0.3 is 5.97 Å². The number of hydrogen-bond donors (Lipinski definition) is 4. The van der Waals surface area contributed by atoms with Crippen molar-refractivity contribution in [3.63, 3.8) is 0 Å². The fourth-order valence-electron chi connectivity index (χ4n) is 4.60. The minimum atomic E-state index is -1.21. The smallest absolute Gasteiger partial charge is 0.326 e. The molecule has 2 heterocycles. The van der Waals surface area contributed by atoms with E-state index in [9.17, 15) is 29.1 Å². The predicted octanol–water partition coefficient (Wildman–Crippen LogP) is -1.02. The van der Waals surface area contributed by atoms with Gasteiger partial charge in [-0.05, 0) is 31.2 Å². The van der Waals surface area contributed by atoms with Crippen molar-refractivity contribution in [3.05, 3.63) is 35.9 Å². The summed E-state index contributed by atoms with van der Waals surface area (Å²) in [7, 11) is 0. The lowest BCUT2D eigenvalue weighted by Gasteiger charge is -2.32. The first-order valence-electron chi connectivity index (χ1n) is 11.4. The molecule has 0 bridgehead atoms. The van der Waals surface area contributed by atoms with Crippen LogP contribution in [0.1, 0.15) is 37.7 Å². The third-order valence-corrected chi connectivity index (χ3v) is 6.30. The van der Waals surface area contributed by atoms with Gasteiger partial charge in [0.25, 0.3) is 0 Å². The van der Waals surface area contributed by atoms with E-state index in [1.165, 1.54) is 9.80 Å². The number of likely N-dealkylation sites (tertiary alicyclic amines) is 2. The summed E-state index contributed by atoms with van der Waals surface area (Å²) >= 11 is 0. The van der Waals surface area contributed by atoms with Crippen LogP contribution < -0.4 is 16.8 Å². The molecule has 34 heavy (non-hydrogen) atoms. The van der Waals surface area contributed by atoms with Gasteiger partial charge in [0, 0.05) is 19.5 Å². The van der Waals surface area contributed by atoms with E-state index < -0.39 is 47.9 Å². The van der Waals surface area contributed by atoms with Crippen molar-refractivity contribution in [3.8, 4) is 0 Å². The van der Waals surface area contributed by atoms with Crippen LogP contribution in [0.3, 0.4) is 0 Å². The van der Waals surface area contributed by atoms with Gasteiger partial charge in [-0.3, -0.25) is 19.2 Å². The highest BCUT2D eigenvalue weighted by Crippen LogP contribution is 2.26. The number of primary amides is 1. The number of carboxylic acids is 1. The maximum absolute atomic E-state index is 13.6. The Labute approximate surface area is 197 Å². The largest absolute Gasteiger partial charge is 0.480 e. The Kier molecular flexibility index (Phi) is 8.21. The second-order valence-electron chi connectivity index (χ2n) is 8.75. The van der Waals surface area contributed by atoms with Crippen molar-refractivity contribution in [1.82, 2.24) is 15.1 Å². The molecule has 4 atom stereocenters. The number of carboxylic acid groups (broad SMARTS) is 1. The van der Waals surface area contributed by atoms with E-state index in [-0.39, 0.29) is 18.7 Å². The summed E-state index contributed by atoms with van der Waals surface area (Å²) in [6.45, 7) is 0.649. The maximum Gasteiger partial charge on any atom is 0.326 e. The number of aliphatic carboxylic acids is 1. The van der Waals surface area contributed by atoms with Crippen LogP contribution in [-0.2, 0) is 30.4 Å². The third kappa shape index (κ3) is 5.90. The molecule has 11 nitrogen and oxygen atoms in total. The molecule has 0 aromatic heterocycles. The van der Waals surface area contributed by atoms with E-state index in [1.54, 1.807) is 12.1 Å². The van der Waals surface area contributed by atoms with Crippen LogP contribution in [0.25, 0.3) is 0 Å². The van der Waals surface area contributed by atoms with Crippen LogP contribution in [0.15, 0.2) is 30.3 Å². The van der Waals surface area contributed by atoms with Gasteiger partial charge in [0.1, 0.15) is 18.1 Å². The molecule has 0 radical (unpaired) electrons. The highest BCUT2D eigenvalue weighted by atomic mass is 16.4. The van der Waals surface area contributed by atoms with Gasteiger partial charge < -0.3 is 31.7 Å². The summed E-state index contributed by atoms with van der Waals surface area (Å²) < 4.78 is 0. The van der Waals surface area contributed by atoms with Gasteiger partial charge in [0.05, 0.1) is 12.5 Å². The van der Waals surface area contributed by atoms with E-state index in [4.69, 9.17) is 11.5 Å². The summed E-state index contributed by atoms with van der Waals surface area (Å²) in [4.78, 5) is 64.8. The summed E-state index contributed by atoms with van der Waals surface area (Å²) in [5, 5.41) is 12.1. The summed E-state index contributed by atoms with van der Waals surface area (Å²) in [6.07, 6.45) is 1.77. The number of amides is 4. The summed E-state index contributed by atoms with van der Waals surface area (Å²) in [5.41, 5.74) is 11.7. The van der Waals surface area contributed by atoms with Crippen LogP contribution in [0, 0.1) is 0 Å². The number of nitrogens with one attached hydrogen (secondary N) is 1. The molecule has 3 rings (SSSR count). The number of nitrogens with two attached hydrogens (primary N) is 2. The number of benzene rings is 1. The zero-order chi connectivity index (χ0) is 24.8. The lowest BCUT2D eigenvalue weighted by atomic mass is 10.0. The van der Waals surface area contributed by atoms with E-state index in [0.717, 1.165) is 5.56 Å². The van der Waals surface area contributed by atoms with Crippen LogP contribution >= 0.6 is 0 Å². The topological polar surface area (TPSA) is 176 Å². The summed E-state index contributed by atoms with van der Waals surface area (Å²) in [5.74, 6) is -3.33. The molecular weight excluding hydrogens is 442 g/mol. The molecule has 2 saturated heterocycles. The van der Waals surface area contributed by atoms with Gasteiger partial charge in [-0.1, -0.05) is 30.3 Å². The fraction of sp³-hybridized carbons (Fsp3) is 0.522. The average molecular weight is 474 g/mol. The lowest BCUT2D eigenvalue weighted by Crippen LogP contribution is -2.57. The van der Waals surface area contributed by atoms with Crippen molar-refractivity contribution >= 4 is 29.6 Å². The van der Waals surface area contributed by atoms with E-state index in [2.05, 4.69) is 5.32 Å². The Morgan fingerprint density at radius 1 is 1.00 bits per heavy atom. The van der Waals surface area contributed by atoms with E-state index in [1.807, 2.05) is 18.2 Å². The molecule has 1 aromatic carbocycles. The van der Waals surface area contributed by atoms with Gasteiger partial charge in [0.15, 0.2) is 0 Å². The standard InChI is InChI=1S/C23H31N5O6/c24-15(13-19(25)29)20(30)26-16(12-14-6-2-1-3-7-14)21(31)27-10-4-8-17(27)22(32)28-11-5-9-18(28)23(33)34/h1-3,6-7,15-18H,4-5,8-13,24H2,(H2,25,29)(H,26,30)(H,33,34). The molecule has 2 fully saturated rings. The van der Waals surface area contributed by atoms with Crippen LogP contribution in [0.5, 0.6) is 0 Å². The SMILES string of the molecule is NC(=O)CC(N)C(=O)NC(Cc1ccccc1)C(=O)N1CCCC1C(=O)N1CCCC1C(=O)O. The van der Waals surface area contributed by atoms with Gasteiger partial charge in [-0.2, -0.15) is 0 Å². The van der Waals surface area contributed by atoms with Gasteiger partial charge in [0.2, 0.25) is 23.6 Å². The quantitative estimate of drug-likeness (QED) is 0.355. The maximum atomic E-state index is 13.6. The fourth-order valence-corrected chi connectivity index (χ4v) is 4.60. The Balaban J connectivity index is 1.79. The molecular formula is C23H31N5O6. The van der Waals surface area contributed by atoms with Crippen molar-refractivity contribution in [2.75, 3.05) is 13.1 Å². The van der Waals surface area contributed by atoms with Crippen molar-refractivity contribution in [2.45, 2.75) is 62.7 Å². The molecule has 184 valence electrons. The average Bonchev–Trinajstić information content (AvgIpc) is 3.48. The first-order chi connectivity index (χ1) is 16.2. The van der Waals surface area contributed by atoms with Crippen LogP contribution in [0.2, 0.25) is 0 Å². The van der Waals surface area contributed by atoms with Crippen molar-refractivity contribution in [2.24, 2.45) is 11.5 Å².